The minimum Gasteiger partial charge on any atom is -0.213 e. The van der Waals surface area contributed by atoms with Gasteiger partial charge in [0.15, 0.2) is 5.83 Å². The molecule has 0 saturated heterocycles. The van der Waals surface area contributed by atoms with E-state index in [1.165, 1.54) is 6.20 Å². The summed E-state index contributed by atoms with van der Waals surface area (Å²) in [6, 6.07) is 0. The van der Waals surface area contributed by atoms with Gasteiger partial charge < -0.3 is 0 Å². The molecule has 1 heterocycles. The second-order valence-electron chi connectivity index (χ2n) is 1.11. The van der Waals surface area contributed by atoms with Crippen LogP contribution in [0.15, 0.2) is 5.83 Å². The van der Waals surface area contributed by atoms with Crippen LogP contribution in [0.25, 0.3) is 0 Å². The minimum absolute atomic E-state index is 0.463. The fourth-order valence-electron chi connectivity index (χ4n) is 0.245. The van der Waals surface area contributed by atoms with Crippen LogP contribution in [0.1, 0.15) is 0 Å². The van der Waals surface area contributed by atoms with Crippen LogP contribution in [0.5, 0.6) is 0 Å². The van der Waals surface area contributed by atoms with Gasteiger partial charge in [0.1, 0.15) is 6.20 Å². The molecule has 0 aromatic rings. The van der Waals surface area contributed by atoms with Crippen molar-refractivity contribution in [3.8, 4) is 0 Å². The third kappa shape index (κ3) is 0.460. The Balaban J connectivity index is 2.57. The zero-order valence-corrected chi connectivity index (χ0v) is 3.16. The maximum atomic E-state index is 11.4. The topological polar surface area (TPSA) is 3.24 Å². The van der Waals surface area contributed by atoms with Gasteiger partial charge in [0.25, 0.3) is 6.30 Å². The van der Waals surface area contributed by atoms with Crippen LogP contribution in [0.3, 0.4) is 0 Å². The highest BCUT2D eigenvalue weighted by Crippen LogP contribution is 2.23. The maximum Gasteiger partial charge on any atom is 0.254 e. The first-order chi connectivity index (χ1) is 3.22. The first-order valence-corrected chi connectivity index (χ1v) is 1.60. The summed E-state index contributed by atoms with van der Waals surface area (Å²) >= 11 is 0. The molecule has 0 bridgehead atoms. The van der Waals surface area contributed by atoms with Gasteiger partial charge in [-0.3, -0.25) is 0 Å². The molecule has 1 rings (SSSR count). The molecule has 1 aliphatic rings. The molecule has 7 heavy (non-hydrogen) atoms. The average Bonchev–Trinajstić information content (AvgIpc) is 1.68. The summed E-state index contributed by atoms with van der Waals surface area (Å²) in [7, 11) is 0. The third-order valence-electron chi connectivity index (χ3n) is 0.622. The largest absolute Gasteiger partial charge is 0.254 e. The minimum atomic E-state index is -2.19. The highest BCUT2D eigenvalue weighted by atomic mass is 19.2. The Morgan fingerprint density at radius 3 is 2.29 bits per heavy atom. The van der Waals surface area contributed by atoms with Crippen molar-refractivity contribution in [1.29, 1.82) is 0 Å². The summed E-state index contributed by atoms with van der Waals surface area (Å²) in [4.78, 5) is 0. The van der Waals surface area contributed by atoms with Crippen molar-refractivity contribution in [3.05, 3.63) is 12.0 Å². The Bertz CT molecular complexity index is 111. The second-order valence-corrected chi connectivity index (χ2v) is 1.11. The summed E-state index contributed by atoms with van der Waals surface area (Å²) in [6.07, 6.45) is -0.797. The van der Waals surface area contributed by atoms with Crippen LogP contribution in [-0.2, 0) is 0 Å². The first-order valence-electron chi connectivity index (χ1n) is 1.60. The molecular formula is C3HF3N. The molecular weight excluding hydrogens is 107 g/mol. The Labute approximate surface area is 38.0 Å². The smallest absolute Gasteiger partial charge is 0.213 e. The predicted molar refractivity (Wildman–Crippen MR) is 15.7 cm³/mol. The zero-order chi connectivity index (χ0) is 5.44. The zero-order valence-electron chi connectivity index (χ0n) is 3.16. The standard InChI is InChI=1S/C3HF3N/c4-2-1-7(6)3(2)5/h3H. The summed E-state index contributed by atoms with van der Waals surface area (Å²) in [5, 5.41) is -0.463. The summed E-state index contributed by atoms with van der Waals surface area (Å²) < 4.78 is 33.9. The molecule has 0 amide bonds. The van der Waals surface area contributed by atoms with Crippen LogP contribution in [0.4, 0.5) is 13.3 Å². The van der Waals surface area contributed by atoms with E-state index in [2.05, 4.69) is 0 Å². The van der Waals surface area contributed by atoms with E-state index in [0.29, 0.717) is 0 Å². The summed E-state index contributed by atoms with van der Waals surface area (Å²) in [6.45, 7) is 0. The number of hydrogen-bond acceptors (Lipinski definition) is 1. The highest BCUT2D eigenvalue weighted by molar-refractivity contribution is 5.00. The molecule has 0 saturated carbocycles. The van der Waals surface area contributed by atoms with E-state index in [1.807, 2.05) is 0 Å². The van der Waals surface area contributed by atoms with E-state index in [9.17, 15) is 13.3 Å². The van der Waals surface area contributed by atoms with E-state index < -0.39 is 17.2 Å². The molecule has 0 aromatic carbocycles. The molecule has 0 aromatic heterocycles. The van der Waals surface area contributed by atoms with Crippen molar-refractivity contribution in [1.82, 2.24) is 5.12 Å². The van der Waals surface area contributed by atoms with Gasteiger partial charge in [0.05, 0.1) is 0 Å². The van der Waals surface area contributed by atoms with E-state index in [1.54, 1.807) is 0 Å². The molecule has 0 aliphatic carbocycles. The molecule has 39 valence electrons. The molecule has 1 nitrogen and oxygen atoms in total. The lowest BCUT2D eigenvalue weighted by Gasteiger charge is -2.18. The van der Waals surface area contributed by atoms with Gasteiger partial charge in [-0.25, -0.2) is 8.78 Å². The van der Waals surface area contributed by atoms with Gasteiger partial charge in [-0.05, 0) is 0 Å². The van der Waals surface area contributed by atoms with Crippen molar-refractivity contribution in [3.63, 3.8) is 0 Å². The average molecular weight is 108 g/mol. The van der Waals surface area contributed by atoms with Crippen LogP contribution in [-0.4, -0.2) is 11.4 Å². The third-order valence-corrected chi connectivity index (χ3v) is 0.622. The molecule has 1 atom stereocenters. The van der Waals surface area contributed by atoms with E-state index in [4.69, 9.17) is 0 Å². The van der Waals surface area contributed by atoms with Crippen LogP contribution < -0.4 is 0 Å². The van der Waals surface area contributed by atoms with Gasteiger partial charge in [-0.1, -0.05) is 4.48 Å². The lowest BCUT2D eigenvalue weighted by molar-refractivity contribution is -0.0719. The number of rotatable bonds is 0. The summed E-state index contributed by atoms with van der Waals surface area (Å²) in [5.41, 5.74) is 0. The van der Waals surface area contributed by atoms with Crippen molar-refractivity contribution >= 4 is 0 Å². The lowest BCUT2D eigenvalue weighted by atomic mass is 10.4. The Kier molecular flexibility index (Phi) is 0.736. The summed E-state index contributed by atoms with van der Waals surface area (Å²) in [5.74, 6) is -1.18. The maximum absolute atomic E-state index is 11.4. The van der Waals surface area contributed by atoms with Gasteiger partial charge in [0.2, 0.25) is 0 Å². The molecule has 0 fully saturated rings. The van der Waals surface area contributed by atoms with Gasteiger partial charge in [-0.15, -0.1) is 0 Å². The second kappa shape index (κ2) is 1.15. The van der Waals surface area contributed by atoms with Crippen LogP contribution in [0, 0.1) is 6.20 Å². The molecule has 0 N–H and O–H groups in total. The van der Waals surface area contributed by atoms with Crippen LogP contribution in [0.2, 0.25) is 0 Å². The molecule has 0 spiro atoms. The SMILES string of the molecule is FC1=[C]N(F)C1F. The number of hydrogen-bond donors (Lipinski definition) is 0. The van der Waals surface area contributed by atoms with E-state index in [-0.39, 0.29) is 0 Å². The predicted octanol–water partition coefficient (Wildman–Crippen LogP) is 1.10. The number of nitrogens with zero attached hydrogens (tertiary/aromatic N) is 1. The lowest BCUT2D eigenvalue weighted by Crippen LogP contribution is -2.29. The quantitative estimate of drug-likeness (QED) is 0.331. The Morgan fingerprint density at radius 2 is 2.29 bits per heavy atom. The Hall–Kier alpha value is -0.670. The number of alkyl halides is 1. The fourth-order valence-corrected chi connectivity index (χ4v) is 0.245. The Morgan fingerprint density at radius 1 is 1.71 bits per heavy atom. The van der Waals surface area contributed by atoms with Crippen molar-refractivity contribution in [2.75, 3.05) is 0 Å². The number of halogens is 3. The van der Waals surface area contributed by atoms with Crippen molar-refractivity contribution < 1.29 is 13.3 Å². The van der Waals surface area contributed by atoms with Crippen molar-refractivity contribution in [2.24, 2.45) is 0 Å². The van der Waals surface area contributed by atoms with Gasteiger partial charge in [-0.2, -0.15) is 5.12 Å². The van der Waals surface area contributed by atoms with Crippen LogP contribution >= 0.6 is 0 Å². The molecule has 1 radical (unpaired) electrons. The molecule has 1 aliphatic heterocycles. The highest BCUT2D eigenvalue weighted by Gasteiger charge is 2.31. The molecule has 1 unspecified atom stereocenters. The normalized spacial score (nSPS) is 29.3. The van der Waals surface area contributed by atoms with E-state index >= 15 is 0 Å². The monoisotopic (exact) mass is 108 g/mol. The first kappa shape index (κ1) is 4.49. The fraction of sp³-hybridized carbons (Fsp3) is 0.333. The van der Waals surface area contributed by atoms with Crippen molar-refractivity contribution in [2.45, 2.75) is 6.30 Å². The van der Waals surface area contributed by atoms with E-state index in [0.717, 1.165) is 0 Å². The molecule has 4 heteroatoms. The van der Waals surface area contributed by atoms with Gasteiger partial charge >= 0.3 is 0 Å². The van der Waals surface area contributed by atoms with Gasteiger partial charge in [0, 0.05) is 0 Å².